The predicted molar refractivity (Wildman–Crippen MR) is 99.6 cm³/mol. The van der Waals surface area contributed by atoms with E-state index < -0.39 is 35.9 Å². The summed E-state index contributed by atoms with van der Waals surface area (Å²) < 4.78 is 0. The highest BCUT2D eigenvalue weighted by molar-refractivity contribution is 5.93. The first-order chi connectivity index (χ1) is 12.5. The molecular formula is C18H32N4O5. The zero-order valence-corrected chi connectivity index (χ0v) is 16.5. The highest BCUT2D eigenvalue weighted by Crippen LogP contribution is 2.19. The maximum absolute atomic E-state index is 12.4. The number of carboxylic acid groups (broad SMARTS) is 1. The van der Waals surface area contributed by atoms with E-state index in [1.54, 1.807) is 0 Å². The van der Waals surface area contributed by atoms with Crippen LogP contribution < -0.4 is 16.4 Å². The summed E-state index contributed by atoms with van der Waals surface area (Å²) in [4.78, 5) is 49.5. The molecule has 1 heterocycles. The van der Waals surface area contributed by atoms with Gasteiger partial charge in [0.2, 0.25) is 17.7 Å². The Morgan fingerprint density at radius 2 is 1.81 bits per heavy atom. The summed E-state index contributed by atoms with van der Waals surface area (Å²) in [6.45, 7) is 7.52. The number of rotatable bonds is 9. The van der Waals surface area contributed by atoms with Crippen LogP contribution >= 0.6 is 0 Å². The Bertz CT molecular complexity index is 564. The van der Waals surface area contributed by atoms with E-state index in [0.717, 1.165) is 0 Å². The van der Waals surface area contributed by atoms with Crippen molar-refractivity contribution >= 4 is 23.7 Å². The maximum Gasteiger partial charge on any atom is 0.326 e. The Kier molecular flexibility index (Phi) is 8.68. The minimum atomic E-state index is -1.11. The minimum Gasteiger partial charge on any atom is -0.480 e. The van der Waals surface area contributed by atoms with Gasteiger partial charge in [0.1, 0.15) is 12.1 Å². The van der Waals surface area contributed by atoms with Crippen LogP contribution in [0.2, 0.25) is 0 Å². The quantitative estimate of drug-likeness (QED) is 0.430. The lowest BCUT2D eigenvalue weighted by Gasteiger charge is -2.28. The molecule has 3 unspecified atom stereocenters. The summed E-state index contributed by atoms with van der Waals surface area (Å²) >= 11 is 0. The second kappa shape index (κ2) is 10.2. The van der Waals surface area contributed by atoms with Crippen molar-refractivity contribution in [2.24, 2.45) is 17.6 Å². The van der Waals surface area contributed by atoms with Gasteiger partial charge in [-0.25, -0.2) is 4.79 Å². The number of hydrogen-bond acceptors (Lipinski definition) is 5. The van der Waals surface area contributed by atoms with E-state index in [2.05, 4.69) is 10.6 Å². The topological polar surface area (TPSA) is 142 Å². The van der Waals surface area contributed by atoms with Crippen LogP contribution in [-0.4, -0.2) is 64.9 Å². The van der Waals surface area contributed by atoms with Crippen molar-refractivity contribution in [1.82, 2.24) is 15.5 Å². The summed E-state index contributed by atoms with van der Waals surface area (Å²) in [5.74, 6) is -2.33. The fourth-order valence-electron chi connectivity index (χ4n) is 3.00. The highest BCUT2D eigenvalue weighted by atomic mass is 16.4. The lowest BCUT2D eigenvalue weighted by atomic mass is 10.0. The van der Waals surface area contributed by atoms with Crippen LogP contribution in [0.3, 0.4) is 0 Å². The van der Waals surface area contributed by atoms with Gasteiger partial charge in [0, 0.05) is 6.54 Å². The molecule has 9 nitrogen and oxygen atoms in total. The predicted octanol–water partition coefficient (Wildman–Crippen LogP) is -0.308. The molecule has 0 spiro atoms. The Hall–Kier alpha value is -2.16. The largest absolute Gasteiger partial charge is 0.480 e. The second-order valence-electron chi connectivity index (χ2n) is 7.77. The smallest absolute Gasteiger partial charge is 0.326 e. The number of hydrogen-bond donors (Lipinski definition) is 4. The molecule has 27 heavy (non-hydrogen) atoms. The maximum atomic E-state index is 12.4. The van der Waals surface area contributed by atoms with Gasteiger partial charge in [-0.1, -0.05) is 27.7 Å². The van der Waals surface area contributed by atoms with Crippen molar-refractivity contribution in [3.63, 3.8) is 0 Å². The average Bonchev–Trinajstić information content (AvgIpc) is 3.06. The lowest BCUT2D eigenvalue weighted by Crippen LogP contribution is -2.54. The van der Waals surface area contributed by atoms with Gasteiger partial charge < -0.3 is 26.4 Å². The fraction of sp³-hybridized carbons (Fsp3) is 0.778. The average molecular weight is 384 g/mol. The van der Waals surface area contributed by atoms with E-state index in [1.165, 1.54) is 4.90 Å². The molecule has 154 valence electrons. The highest BCUT2D eigenvalue weighted by Gasteiger charge is 2.36. The molecule has 0 aromatic rings. The summed E-state index contributed by atoms with van der Waals surface area (Å²) in [6, 6.07) is -2.32. The number of nitrogens with two attached hydrogens (primary N) is 1. The van der Waals surface area contributed by atoms with Gasteiger partial charge in [-0.05, 0) is 31.1 Å². The number of carboxylic acids is 1. The minimum absolute atomic E-state index is 0.0403. The number of amides is 3. The summed E-state index contributed by atoms with van der Waals surface area (Å²) in [5, 5.41) is 14.1. The molecule has 3 amide bonds. The van der Waals surface area contributed by atoms with Crippen LogP contribution in [-0.2, 0) is 19.2 Å². The van der Waals surface area contributed by atoms with Crippen molar-refractivity contribution in [2.45, 2.75) is 65.1 Å². The Labute approximate surface area is 160 Å². The lowest BCUT2D eigenvalue weighted by molar-refractivity contribution is -0.142. The summed E-state index contributed by atoms with van der Waals surface area (Å²) in [6.07, 6.45) is 1.50. The van der Waals surface area contributed by atoms with Crippen molar-refractivity contribution in [2.75, 3.05) is 13.1 Å². The van der Waals surface area contributed by atoms with E-state index in [-0.39, 0.29) is 24.3 Å². The van der Waals surface area contributed by atoms with E-state index in [1.807, 2.05) is 27.7 Å². The molecule has 1 aliphatic rings. The monoisotopic (exact) mass is 384 g/mol. The molecular weight excluding hydrogens is 352 g/mol. The molecule has 0 bridgehead atoms. The number of carbonyl (C=O) groups is 4. The van der Waals surface area contributed by atoms with Gasteiger partial charge in [0.15, 0.2) is 0 Å². The molecule has 0 aromatic heterocycles. The van der Waals surface area contributed by atoms with Crippen LogP contribution in [0.4, 0.5) is 0 Å². The van der Waals surface area contributed by atoms with Crippen molar-refractivity contribution in [3.05, 3.63) is 0 Å². The molecule has 1 saturated heterocycles. The zero-order chi connectivity index (χ0) is 20.7. The first kappa shape index (κ1) is 22.9. The SMILES string of the molecule is CC(C)CC(NC(=O)CNC(=O)C1CCCN1C(=O)C(N)C(C)C)C(=O)O. The number of nitrogens with zero attached hydrogens (tertiary/aromatic N) is 1. The van der Waals surface area contributed by atoms with Gasteiger partial charge in [-0.15, -0.1) is 0 Å². The van der Waals surface area contributed by atoms with Gasteiger partial charge in [0.05, 0.1) is 12.6 Å². The fourth-order valence-corrected chi connectivity index (χ4v) is 3.00. The first-order valence-electron chi connectivity index (χ1n) is 9.40. The normalized spacial score (nSPS) is 19.1. The van der Waals surface area contributed by atoms with E-state index in [0.29, 0.717) is 25.8 Å². The summed E-state index contributed by atoms with van der Waals surface area (Å²) in [5.41, 5.74) is 5.90. The van der Waals surface area contributed by atoms with E-state index >= 15 is 0 Å². The number of nitrogens with one attached hydrogen (secondary N) is 2. The second-order valence-corrected chi connectivity index (χ2v) is 7.77. The van der Waals surface area contributed by atoms with Crippen LogP contribution in [0.5, 0.6) is 0 Å². The standard InChI is InChI=1S/C18H32N4O5/c1-10(2)8-12(18(26)27)21-14(23)9-20-16(24)13-6-5-7-22(13)17(25)15(19)11(3)4/h10-13,15H,5-9,19H2,1-4H3,(H,20,24)(H,21,23)(H,26,27). The van der Waals surface area contributed by atoms with Crippen molar-refractivity contribution in [3.8, 4) is 0 Å². The molecule has 0 aromatic carbocycles. The zero-order valence-electron chi connectivity index (χ0n) is 16.5. The molecule has 1 aliphatic heterocycles. The Morgan fingerprint density at radius 1 is 1.19 bits per heavy atom. The molecule has 0 radical (unpaired) electrons. The van der Waals surface area contributed by atoms with Gasteiger partial charge >= 0.3 is 5.97 Å². The van der Waals surface area contributed by atoms with Crippen LogP contribution in [0.1, 0.15) is 47.0 Å². The van der Waals surface area contributed by atoms with E-state index in [9.17, 15) is 19.2 Å². The Morgan fingerprint density at radius 3 is 2.33 bits per heavy atom. The number of aliphatic carboxylic acids is 1. The van der Waals surface area contributed by atoms with Crippen LogP contribution in [0, 0.1) is 11.8 Å². The molecule has 9 heteroatoms. The van der Waals surface area contributed by atoms with Crippen LogP contribution in [0.25, 0.3) is 0 Å². The van der Waals surface area contributed by atoms with Crippen molar-refractivity contribution < 1.29 is 24.3 Å². The third kappa shape index (κ3) is 6.82. The van der Waals surface area contributed by atoms with Crippen LogP contribution in [0.15, 0.2) is 0 Å². The molecule has 1 fully saturated rings. The Balaban J connectivity index is 2.58. The molecule has 3 atom stereocenters. The summed E-state index contributed by atoms with van der Waals surface area (Å²) in [7, 11) is 0. The molecule has 0 saturated carbocycles. The first-order valence-corrected chi connectivity index (χ1v) is 9.40. The third-order valence-corrected chi connectivity index (χ3v) is 4.61. The van der Waals surface area contributed by atoms with Gasteiger partial charge in [-0.3, -0.25) is 14.4 Å². The molecule has 5 N–H and O–H groups in total. The van der Waals surface area contributed by atoms with Gasteiger partial charge in [-0.2, -0.15) is 0 Å². The number of likely N-dealkylation sites (tertiary alicyclic amines) is 1. The molecule has 1 rings (SSSR count). The third-order valence-electron chi connectivity index (χ3n) is 4.61. The molecule has 0 aliphatic carbocycles. The van der Waals surface area contributed by atoms with E-state index in [4.69, 9.17) is 10.8 Å². The van der Waals surface area contributed by atoms with Gasteiger partial charge in [0.25, 0.3) is 0 Å². The van der Waals surface area contributed by atoms with Crippen molar-refractivity contribution in [1.29, 1.82) is 0 Å². The number of carbonyl (C=O) groups excluding carboxylic acids is 3.